The quantitative estimate of drug-likeness (QED) is 0.698. The van der Waals surface area contributed by atoms with E-state index in [0.29, 0.717) is 11.5 Å². The number of amides is 1. The lowest BCUT2D eigenvalue weighted by atomic mass is 10.3. The highest BCUT2D eigenvalue weighted by molar-refractivity contribution is 7.47. The zero-order valence-corrected chi connectivity index (χ0v) is 7.88. The molecule has 2 rings (SSSR count). The van der Waals surface area contributed by atoms with E-state index in [1.165, 1.54) is 6.92 Å². The Hall–Kier alpha value is -1.28. The summed E-state index contributed by atoms with van der Waals surface area (Å²) in [5.74, 6) is 1.21. The van der Waals surface area contributed by atoms with Crippen LogP contribution in [0.1, 0.15) is 6.92 Å². The zero-order valence-electron chi connectivity index (χ0n) is 6.98. The fraction of sp³-hybridized carbons (Fsp3) is 0.125. The average molecular weight is 197 g/mol. The van der Waals surface area contributed by atoms with Crippen LogP contribution in [0.3, 0.4) is 0 Å². The number of carbonyl (C=O) groups is 1. The van der Waals surface area contributed by atoms with Crippen LogP contribution >= 0.6 is 8.53 Å². The van der Waals surface area contributed by atoms with Gasteiger partial charge in [0.15, 0.2) is 11.5 Å². The van der Waals surface area contributed by atoms with Gasteiger partial charge < -0.3 is 9.05 Å². The minimum atomic E-state index is -1.31. The standard InChI is InChI=1S/C8H8NO3P/c1-6(10)9-13-11-7-4-2-3-5-8(7)12-13/h2-5H,1H3,(H,9,10). The molecule has 1 amide bonds. The number of rotatable bonds is 1. The van der Waals surface area contributed by atoms with Gasteiger partial charge in [-0.1, -0.05) is 12.1 Å². The molecule has 68 valence electrons. The van der Waals surface area contributed by atoms with Crippen molar-refractivity contribution in [2.24, 2.45) is 0 Å². The van der Waals surface area contributed by atoms with Crippen LogP contribution in [0.4, 0.5) is 0 Å². The van der Waals surface area contributed by atoms with Gasteiger partial charge in [-0.3, -0.25) is 9.88 Å². The largest absolute Gasteiger partial charge is 0.419 e. The Kier molecular flexibility index (Phi) is 2.07. The highest BCUT2D eigenvalue weighted by atomic mass is 31.2. The third-order valence-electron chi connectivity index (χ3n) is 1.46. The first kappa shape index (κ1) is 8.32. The maximum Gasteiger partial charge on any atom is 0.416 e. The summed E-state index contributed by atoms with van der Waals surface area (Å²) in [6, 6.07) is 7.32. The van der Waals surface area contributed by atoms with E-state index in [0.717, 1.165) is 0 Å². The summed E-state index contributed by atoms with van der Waals surface area (Å²) in [5, 5.41) is 2.57. The van der Waals surface area contributed by atoms with E-state index >= 15 is 0 Å². The lowest BCUT2D eigenvalue weighted by molar-refractivity contribution is -0.117. The lowest BCUT2D eigenvalue weighted by Crippen LogP contribution is -2.16. The van der Waals surface area contributed by atoms with Gasteiger partial charge in [0.2, 0.25) is 5.91 Å². The van der Waals surface area contributed by atoms with Gasteiger partial charge in [-0.25, -0.2) is 0 Å². The van der Waals surface area contributed by atoms with E-state index < -0.39 is 8.53 Å². The van der Waals surface area contributed by atoms with Crippen LogP contribution in [0.5, 0.6) is 11.5 Å². The third-order valence-corrected chi connectivity index (χ3v) is 2.68. The van der Waals surface area contributed by atoms with Gasteiger partial charge in [-0.2, -0.15) is 0 Å². The number of para-hydroxylation sites is 2. The number of carbonyl (C=O) groups excluding carboxylic acids is 1. The molecule has 1 N–H and O–H groups in total. The molecule has 0 spiro atoms. The van der Waals surface area contributed by atoms with Crippen molar-refractivity contribution in [1.82, 2.24) is 5.09 Å². The summed E-state index contributed by atoms with van der Waals surface area (Å²) in [7, 11) is -1.31. The molecule has 1 aromatic rings. The minimum Gasteiger partial charge on any atom is -0.419 e. The Morgan fingerprint density at radius 1 is 1.31 bits per heavy atom. The van der Waals surface area contributed by atoms with Crippen LogP contribution in [0.2, 0.25) is 0 Å². The number of fused-ring (bicyclic) bond motifs is 1. The molecular weight excluding hydrogens is 189 g/mol. The fourth-order valence-corrected chi connectivity index (χ4v) is 2.02. The van der Waals surface area contributed by atoms with E-state index in [2.05, 4.69) is 5.09 Å². The van der Waals surface area contributed by atoms with Crippen molar-refractivity contribution < 1.29 is 13.8 Å². The van der Waals surface area contributed by atoms with Gasteiger partial charge in [0.05, 0.1) is 0 Å². The summed E-state index contributed by atoms with van der Waals surface area (Å²) in [6.45, 7) is 1.43. The first-order chi connectivity index (χ1) is 6.25. The first-order valence-electron chi connectivity index (χ1n) is 3.78. The molecule has 13 heavy (non-hydrogen) atoms. The second kappa shape index (κ2) is 3.23. The zero-order chi connectivity index (χ0) is 9.26. The SMILES string of the molecule is CC(=O)NP1Oc2ccccc2O1. The van der Waals surface area contributed by atoms with Gasteiger partial charge in [0, 0.05) is 6.92 Å². The predicted octanol–water partition coefficient (Wildman–Crippen LogP) is 1.82. The molecule has 0 aromatic heterocycles. The Morgan fingerprint density at radius 2 is 1.85 bits per heavy atom. The molecule has 1 aromatic carbocycles. The molecule has 0 aliphatic carbocycles. The maximum atomic E-state index is 10.7. The predicted molar refractivity (Wildman–Crippen MR) is 48.4 cm³/mol. The minimum absolute atomic E-state index is 0.154. The van der Waals surface area contributed by atoms with Gasteiger partial charge in [-0.05, 0) is 12.1 Å². The van der Waals surface area contributed by atoms with Crippen molar-refractivity contribution in [2.45, 2.75) is 6.92 Å². The fourth-order valence-electron chi connectivity index (χ4n) is 0.972. The number of hydrogen-bond acceptors (Lipinski definition) is 3. The molecule has 0 fully saturated rings. The van der Waals surface area contributed by atoms with E-state index in [4.69, 9.17) is 9.05 Å². The van der Waals surface area contributed by atoms with E-state index in [-0.39, 0.29) is 5.91 Å². The van der Waals surface area contributed by atoms with E-state index in [1.54, 1.807) is 12.1 Å². The summed E-state index contributed by atoms with van der Waals surface area (Å²) in [6.07, 6.45) is 0. The molecule has 0 radical (unpaired) electrons. The highest BCUT2D eigenvalue weighted by Crippen LogP contribution is 2.49. The molecule has 0 atom stereocenters. The molecule has 0 saturated carbocycles. The highest BCUT2D eigenvalue weighted by Gasteiger charge is 2.26. The lowest BCUT2D eigenvalue weighted by Gasteiger charge is -2.05. The van der Waals surface area contributed by atoms with Gasteiger partial charge in [0.1, 0.15) is 0 Å². The Bertz CT molecular complexity index is 317. The molecule has 1 aliphatic rings. The molecule has 0 saturated heterocycles. The van der Waals surface area contributed by atoms with Crippen LogP contribution in [0, 0.1) is 0 Å². The summed E-state index contributed by atoms with van der Waals surface area (Å²) < 4.78 is 10.7. The van der Waals surface area contributed by atoms with Crippen molar-refractivity contribution in [3.05, 3.63) is 24.3 Å². The normalized spacial score (nSPS) is 14.2. The Labute approximate surface area is 76.8 Å². The van der Waals surface area contributed by atoms with Crippen LogP contribution in [0.25, 0.3) is 0 Å². The molecular formula is C8H8NO3P. The van der Waals surface area contributed by atoms with Crippen LogP contribution in [-0.2, 0) is 4.79 Å². The molecule has 4 nitrogen and oxygen atoms in total. The van der Waals surface area contributed by atoms with Crippen molar-refractivity contribution in [1.29, 1.82) is 0 Å². The van der Waals surface area contributed by atoms with Crippen LogP contribution in [0.15, 0.2) is 24.3 Å². The van der Waals surface area contributed by atoms with Crippen molar-refractivity contribution in [2.75, 3.05) is 0 Å². The summed E-state index contributed by atoms with van der Waals surface area (Å²) >= 11 is 0. The summed E-state index contributed by atoms with van der Waals surface area (Å²) in [4.78, 5) is 10.7. The monoisotopic (exact) mass is 197 g/mol. The summed E-state index contributed by atoms with van der Waals surface area (Å²) in [5.41, 5.74) is 0. The van der Waals surface area contributed by atoms with Gasteiger partial charge in [-0.15, -0.1) is 0 Å². The third kappa shape index (κ3) is 1.73. The van der Waals surface area contributed by atoms with Crippen molar-refractivity contribution in [3.8, 4) is 11.5 Å². The molecule has 5 heteroatoms. The smallest absolute Gasteiger partial charge is 0.416 e. The topological polar surface area (TPSA) is 47.6 Å². The van der Waals surface area contributed by atoms with Gasteiger partial charge >= 0.3 is 8.53 Å². The molecule has 0 unspecified atom stereocenters. The molecule has 1 aliphatic heterocycles. The number of nitrogens with one attached hydrogen (secondary N) is 1. The van der Waals surface area contributed by atoms with Crippen LogP contribution < -0.4 is 14.1 Å². The van der Waals surface area contributed by atoms with Gasteiger partial charge in [0.25, 0.3) is 0 Å². The second-order valence-corrected chi connectivity index (χ2v) is 3.66. The van der Waals surface area contributed by atoms with Crippen LogP contribution in [-0.4, -0.2) is 5.91 Å². The van der Waals surface area contributed by atoms with E-state index in [1.807, 2.05) is 12.1 Å². The average Bonchev–Trinajstić information content (AvgIpc) is 2.44. The van der Waals surface area contributed by atoms with E-state index in [9.17, 15) is 4.79 Å². The molecule has 1 heterocycles. The maximum absolute atomic E-state index is 10.7. The second-order valence-electron chi connectivity index (χ2n) is 2.55. The first-order valence-corrected chi connectivity index (χ1v) is 4.96. The Morgan fingerprint density at radius 3 is 2.31 bits per heavy atom. The van der Waals surface area contributed by atoms with Crippen molar-refractivity contribution >= 4 is 14.4 Å². The molecule has 0 bridgehead atoms. The Balaban J connectivity index is 2.09. The number of benzene rings is 1. The number of hydrogen-bond donors (Lipinski definition) is 1. The van der Waals surface area contributed by atoms with Crippen molar-refractivity contribution in [3.63, 3.8) is 0 Å².